The van der Waals surface area contributed by atoms with Crippen LogP contribution in [0.3, 0.4) is 0 Å². The van der Waals surface area contributed by atoms with Crippen molar-refractivity contribution in [3.05, 3.63) is 0 Å². The summed E-state index contributed by atoms with van der Waals surface area (Å²) in [4.78, 5) is 0. The molecule has 0 heterocycles. The molecule has 4 fully saturated rings. The van der Waals surface area contributed by atoms with Gasteiger partial charge in [0.25, 0.3) is 6.43 Å². The predicted octanol–water partition coefficient (Wildman–Crippen LogP) is 3.58. The Morgan fingerprint density at radius 3 is 1.88 bits per heavy atom. The SMILES string of the molecule is CC(N)(CC12CC3CC(CC(C3)C1)C2)C(F)F. The molecule has 1 atom stereocenters. The molecule has 4 aliphatic carbocycles. The number of rotatable bonds is 3. The first kappa shape index (κ1) is 11.9. The molecule has 0 aliphatic heterocycles. The molecule has 3 heteroatoms. The van der Waals surface area contributed by atoms with Crippen molar-refractivity contribution in [3.8, 4) is 0 Å². The fraction of sp³-hybridized carbons (Fsp3) is 1.00. The van der Waals surface area contributed by atoms with Crippen LogP contribution in [0.25, 0.3) is 0 Å². The van der Waals surface area contributed by atoms with E-state index in [0.717, 1.165) is 17.8 Å². The highest BCUT2D eigenvalue weighted by atomic mass is 19.3. The van der Waals surface area contributed by atoms with E-state index in [1.165, 1.54) is 45.4 Å². The van der Waals surface area contributed by atoms with Crippen molar-refractivity contribution in [2.24, 2.45) is 28.9 Å². The summed E-state index contributed by atoms with van der Waals surface area (Å²) < 4.78 is 25.9. The summed E-state index contributed by atoms with van der Waals surface area (Å²) in [6.07, 6.45) is 5.70. The van der Waals surface area contributed by atoms with Crippen LogP contribution in [0.5, 0.6) is 0 Å². The van der Waals surface area contributed by atoms with E-state index in [9.17, 15) is 8.78 Å². The molecule has 2 N–H and O–H groups in total. The summed E-state index contributed by atoms with van der Waals surface area (Å²) >= 11 is 0. The van der Waals surface area contributed by atoms with Gasteiger partial charge in [-0.15, -0.1) is 0 Å². The summed E-state index contributed by atoms with van der Waals surface area (Å²) in [7, 11) is 0. The third-order valence-corrected chi connectivity index (χ3v) is 5.42. The predicted molar refractivity (Wildman–Crippen MR) is 63.8 cm³/mol. The Bertz CT molecular complexity index is 276. The molecule has 1 nitrogen and oxygen atoms in total. The van der Waals surface area contributed by atoms with E-state index >= 15 is 0 Å². The lowest BCUT2D eigenvalue weighted by Gasteiger charge is -2.58. The van der Waals surface area contributed by atoms with Crippen molar-refractivity contribution in [2.45, 2.75) is 63.8 Å². The first-order valence-electron chi connectivity index (χ1n) is 6.96. The highest BCUT2D eigenvalue weighted by molar-refractivity contribution is 5.04. The van der Waals surface area contributed by atoms with Crippen molar-refractivity contribution in [2.75, 3.05) is 0 Å². The highest BCUT2D eigenvalue weighted by Gasteiger charge is 2.53. The zero-order chi connectivity index (χ0) is 12.3. The van der Waals surface area contributed by atoms with Crippen molar-refractivity contribution >= 4 is 0 Å². The van der Waals surface area contributed by atoms with Crippen LogP contribution in [0.1, 0.15) is 51.9 Å². The summed E-state index contributed by atoms with van der Waals surface area (Å²) in [6.45, 7) is 1.54. The molecule has 0 spiro atoms. The Kier molecular flexibility index (Phi) is 2.56. The van der Waals surface area contributed by atoms with E-state index in [1.807, 2.05) is 0 Å². The maximum atomic E-state index is 13.0. The summed E-state index contributed by atoms with van der Waals surface area (Å²) in [5.41, 5.74) is 4.71. The first-order chi connectivity index (χ1) is 7.89. The van der Waals surface area contributed by atoms with Gasteiger partial charge in [0.15, 0.2) is 0 Å². The van der Waals surface area contributed by atoms with Crippen molar-refractivity contribution in [1.82, 2.24) is 0 Å². The van der Waals surface area contributed by atoms with E-state index in [2.05, 4.69) is 0 Å². The fourth-order valence-electron chi connectivity index (χ4n) is 5.39. The lowest BCUT2D eigenvalue weighted by molar-refractivity contribution is -0.0823. The zero-order valence-corrected chi connectivity index (χ0v) is 10.6. The van der Waals surface area contributed by atoms with Gasteiger partial charge in [0.05, 0.1) is 5.54 Å². The lowest BCUT2D eigenvalue weighted by atomic mass is 9.47. The van der Waals surface area contributed by atoms with Gasteiger partial charge in [-0.3, -0.25) is 0 Å². The second kappa shape index (κ2) is 3.66. The van der Waals surface area contributed by atoms with Crippen LogP contribution < -0.4 is 5.73 Å². The van der Waals surface area contributed by atoms with Gasteiger partial charge in [-0.2, -0.15) is 0 Å². The molecule has 0 aromatic carbocycles. The van der Waals surface area contributed by atoms with Crippen LogP contribution in [0.15, 0.2) is 0 Å². The molecule has 0 saturated heterocycles. The summed E-state index contributed by atoms with van der Waals surface area (Å²) in [5.74, 6) is 2.44. The van der Waals surface area contributed by atoms with Gasteiger partial charge in [-0.25, -0.2) is 8.78 Å². The monoisotopic (exact) mass is 243 g/mol. The maximum absolute atomic E-state index is 13.0. The molecular formula is C14H23F2N. The van der Waals surface area contributed by atoms with Gasteiger partial charge in [0, 0.05) is 0 Å². The van der Waals surface area contributed by atoms with E-state index in [4.69, 9.17) is 5.73 Å². The second-order valence-electron chi connectivity index (χ2n) is 7.40. The normalized spacial score (nSPS) is 47.5. The van der Waals surface area contributed by atoms with Crippen LogP contribution in [0, 0.1) is 23.2 Å². The Balaban J connectivity index is 1.78. The van der Waals surface area contributed by atoms with Crippen molar-refractivity contribution < 1.29 is 8.78 Å². The number of hydrogen-bond acceptors (Lipinski definition) is 1. The van der Waals surface area contributed by atoms with Crippen molar-refractivity contribution in [1.29, 1.82) is 0 Å². The van der Waals surface area contributed by atoms with Gasteiger partial charge in [0.2, 0.25) is 0 Å². The quantitative estimate of drug-likeness (QED) is 0.805. The van der Waals surface area contributed by atoms with Crippen LogP contribution in [-0.2, 0) is 0 Å². The fourth-order valence-corrected chi connectivity index (χ4v) is 5.39. The van der Waals surface area contributed by atoms with E-state index in [0.29, 0.717) is 6.42 Å². The standard InChI is InChI=1S/C14H23F2N/c1-13(17,12(15)16)8-14-5-9-2-10(6-14)4-11(3-9)7-14/h9-12H,2-8,17H2,1H3. The molecule has 4 aliphatic rings. The molecule has 0 radical (unpaired) electrons. The summed E-state index contributed by atoms with van der Waals surface area (Å²) in [5, 5.41) is 0. The molecule has 0 aromatic rings. The maximum Gasteiger partial charge on any atom is 0.256 e. The minimum Gasteiger partial charge on any atom is -0.321 e. The minimum absolute atomic E-state index is 0.161. The molecular weight excluding hydrogens is 220 g/mol. The molecule has 98 valence electrons. The third kappa shape index (κ3) is 2.00. The van der Waals surface area contributed by atoms with E-state index in [1.54, 1.807) is 0 Å². The number of halogens is 2. The molecule has 1 unspecified atom stereocenters. The highest BCUT2D eigenvalue weighted by Crippen LogP contribution is 2.62. The largest absolute Gasteiger partial charge is 0.321 e. The lowest BCUT2D eigenvalue weighted by Crippen LogP contribution is -2.54. The summed E-state index contributed by atoms with van der Waals surface area (Å²) in [6, 6.07) is 0. The number of hydrogen-bond donors (Lipinski definition) is 1. The molecule has 0 aromatic heterocycles. The van der Waals surface area contributed by atoms with Crippen LogP contribution in [0.2, 0.25) is 0 Å². The Hall–Kier alpha value is -0.180. The van der Waals surface area contributed by atoms with Gasteiger partial charge in [0.1, 0.15) is 0 Å². The average molecular weight is 243 g/mol. The Labute approximate surface area is 102 Å². The minimum atomic E-state index is -2.39. The van der Waals surface area contributed by atoms with Crippen LogP contribution in [-0.4, -0.2) is 12.0 Å². The average Bonchev–Trinajstić information content (AvgIpc) is 2.12. The van der Waals surface area contributed by atoms with Crippen LogP contribution in [0.4, 0.5) is 8.78 Å². The molecule has 17 heavy (non-hydrogen) atoms. The Morgan fingerprint density at radius 1 is 1.12 bits per heavy atom. The molecule has 4 saturated carbocycles. The topological polar surface area (TPSA) is 26.0 Å². The van der Waals surface area contributed by atoms with Gasteiger partial charge in [-0.05, 0) is 75.0 Å². The Morgan fingerprint density at radius 2 is 1.53 bits per heavy atom. The smallest absolute Gasteiger partial charge is 0.256 e. The zero-order valence-electron chi connectivity index (χ0n) is 10.6. The number of alkyl halides is 2. The van der Waals surface area contributed by atoms with Crippen molar-refractivity contribution in [3.63, 3.8) is 0 Å². The third-order valence-electron chi connectivity index (χ3n) is 5.42. The van der Waals surface area contributed by atoms with E-state index in [-0.39, 0.29) is 5.41 Å². The molecule has 4 bridgehead atoms. The second-order valence-corrected chi connectivity index (χ2v) is 7.40. The molecule has 4 rings (SSSR count). The van der Waals surface area contributed by atoms with Gasteiger partial charge in [-0.1, -0.05) is 0 Å². The van der Waals surface area contributed by atoms with Gasteiger partial charge >= 0.3 is 0 Å². The van der Waals surface area contributed by atoms with Crippen LogP contribution >= 0.6 is 0 Å². The first-order valence-corrected chi connectivity index (χ1v) is 6.96. The number of nitrogens with two attached hydrogens (primary N) is 1. The van der Waals surface area contributed by atoms with Gasteiger partial charge < -0.3 is 5.73 Å². The molecule has 0 amide bonds. The van der Waals surface area contributed by atoms with E-state index < -0.39 is 12.0 Å².